The molecule has 6 aromatic carbocycles. The molecule has 8 aromatic rings. The zero-order chi connectivity index (χ0) is 34.7. The second-order valence-corrected chi connectivity index (χ2v) is 13.6. The number of aromatic nitrogens is 4. The summed E-state index contributed by atoms with van der Waals surface area (Å²) in [6.07, 6.45) is 6.46. The van der Waals surface area contributed by atoms with Gasteiger partial charge in [0.1, 0.15) is 0 Å². The topological polar surface area (TPSA) is 43.6 Å². The minimum Gasteiger partial charge on any atom is -0.309 e. The average Bonchev–Trinajstić information content (AvgIpc) is 3.64. The quantitative estimate of drug-likeness (QED) is 0.179. The zero-order valence-electron chi connectivity index (χ0n) is 28.9. The predicted molar refractivity (Wildman–Crippen MR) is 213 cm³/mol. The van der Waals surface area contributed by atoms with Gasteiger partial charge in [-0.15, -0.1) is 0 Å². The summed E-state index contributed by atoms with van der Waals surface area (Å²) in [4.78, 5) is 14.8. The third-order valence-electron chi connectivity index (χ3n) is 10.3. The van der Waals surface area contributed by atoms with Gasteiger partial charge in [0, 0.05) is 44.0 Å². The summed E-state index contributed by atoms with van der Waals surface area (Å²) in [7, 11) is 0. The summed E-state index contributed by atoms with van der Waals surface area (Å²) in [5, 5.41) is 5.01. The minimum atomic E-state index is -0.224. The molecule has 0 amide bonds. The highest BCUT2D eigenvalue weighted by Crippen LogP contribution is 2.55. The summed E-state index contributed by atoms with van der Waals surface area (Å²) < 4.78 is 2.44. The molecule has 4 heteroatoms. The third-order valence-corrected chi connectivity index (χ3v) is 10.3. The Hall–Kier alpha value is -6.39. The van der Waals surface area contributed by atoms with Crippen molar-refractivity contribution in [1.29, 1.82) is 0 Å². The van der Waals surface area contributed by atoms with Crippen LogP contribution >= 0.6 is 0 Å². The van der Waals surface area contributed by atoms with Crippen LogP contribution in [-0.2, 0) is 5.41 Å². The molecule has 0 atom stereocenters. The van der Waals surface area contributed by atoms with E-state index in [9.17, 15) is 0 Å². The first-order chi connectivity index (χ1) is 25.0. The predicted octanol–water partition coefficient (Wildman–Crippen LogP) is 11.9. The van der Waals surface area contributed by atoms with E-state index in [1.165, 1.54) is 54.9 Å². The number of allylic oxidation sites excluding steroid dienone is 5. The fourth-order valence-electron chi connectivity index (χ4n) is 8.07. The van der Waals surface area contributed by atoms with Crippen molar-refractivity contribution in [2.75, 3.05) is 0 Å². The Bertz CT molecular complexity index is 2660. The highest BCUT2D eigenvalue weighted by Gasteiger charge is 2.40. The van der Waals surface area contributed by atoms with E-state index in [4.69, 9.17) is 15.0 Å². The lowest BCUT2D eigenvalue weighted by Crippen LogP contribution is -2.17. The number of benzene rings is 6. The first kappa shape index (κ1) is 30.7. The Kier molecular flexibility index (Phi) is 7.15. The highest BCUT2D eigenvalue weighted by molar-refractivity contribution is 6.24. The van der Waals surface area contributed by atoms with Gasteiger partial charge in [-0.25, -0.2) is 15.0 Å². The van der Waals surface area contributed by atoms with Crippen molar-refractivity contribution in [3.8, 4) is 39.9 Å². The molecule has 0 spiro atoms. The molecule has 1 aliphatic rings. The molecule has 9 rings (SSSR count). The van der Waals surface area contributed by atoms with Crippen LogP contribution in [0.3, 0.4) is 0 Å². The van der Waals surface area contributed by atoms with Crippen molar-refractivity contribution < 1.29 is 0 Å². The molecule has 0 aliphatic heterocycles. The van der Waals surface area contributed by atoms with Crippen molar-refractivity contribution in [3.63, 3.8) is 0 Å². The van der Waals surface area contributed by atoms with Gasteiger partial charge in [-0.1, -0.05) is 142 Å². The van der Waals surface area contributed by atoms with E-state index in [1.54, 1.807) is 0 Å². The normalized spacial score (nSPS) is 13.9. The Balaban J connectivity index is 1.28. The van der Waals surface area contributed by atoms with E-state index in [1.807, 2.05) is 66.7 Å². The molecule has 244 valence electrons. The van der Waals surface area contributed by atoms with Crippen molar-refractivity contribution in [3.05, 3.63) is 175 Å². The molecule has 2 heterocycles. The Morgan fingerprint density at radius 1 is 0.588 bits per heavy atom. The fourth-order valence-corrected chi connectivity index (χ4v) is 8.07. The summed E-state index contributed by atoms with van der Waals surface area (Å²) in [6, 6.07) is 46.5. The Labute approximate surface area is 297 Å². The van der Waals surface area contributed by atoms with Crippen molar-refractivity contribution in [2.45, 2.75) is 26.2 Å². The molecular weight excluding hydrogens is 621 g/mol. The van der Waals surface area contributed by atoms with Gasteiger partial charge in [0.2, 0.25) is 0 Å². The molecular formula is C47H36N4. The first-order valence-electron chi connectivity index (χ1n) is 17.5. The molecule has 0 bridgehead atoms. The largest absolute Gasteiger partial charge is 0.309 e. The Morgan fingerprint density at radius 3 is 1.67 bits per heavy atom. The minimum absolute atomic E-state index is 0.224. The van der Waals surface area contributed by atoms with Crippen LogP contribution in [0.2, 0.25) is 0 Å². The number of fused-ring (bicyclic) bond motifs is 8. The molecule has 51 heavy (non-hydrogen) atoms. The third kappa shape index (κ3) is 4.71. The highest BCUT2D eigenvalue weighted by atomic mass is 15.0. The van der Waals surface area contributed by atoms with Gasteiger partial charge >= 0.3 is 0 Å². The molecule has 0 unspecified atom stereocenters. The SMILES string of the molecule is C=CC1=C(/C=C\C)C(C)(C)c2c1c1ccccc1c1c2c2ccccc2n1-c1ccc(-c2nc(-c3ccccc3)nc(-c3ccccc3)n2)cc1. The maximum atomic E-state index is 4.98. The van der Waals surface area contributed by atoms with Crippen LogP contribution in [0.1, 0.15) is 31.9 Å². The van der Waals surface area contributed by atoms with Crippen LogP contribution in [0.25, 0.3) is 78.0 Å². The van der Waals surface area contributed by atoms with Gasteiger partial charge in [0.15, 0.2) is 17.5 Å². The monoisotopic (exact) mass is 656 g/mol. The van der Waals surface area contributed by atoms with Gasteiger partial charge < -0.3 is 4.57 Å². The van der Waals surface area contributed by atoms with Crippen LogP contribution in [0.4, 0.5) is 0 Å². The van der Waals surface area contributed by atoms with E-state index in [2.05, 4.69) is 117 Å². The van der Waals surface area contributed by atoms with Crippen LogP contribution in [0, 0.1) is 0 Å². The smallest absolute Gasteiger partial charge is 0.164 e. The lowest BCUT2D eigenvalue weighted by molar-refractivity contribution is 0.661. The molecule has 2 aromatic heterocycles. The summed E-state index contributed by atoms with van der Waals surface area (Å²) in [5.74, 6) is 1.94. The fraction of sp³-hybridized carbons (Fsp3) is 0.0851. The first-order valence-corrected chi connectivity index (χ1v) is 17.5. The van der Waals surface area contributed by atoms with Gasteiger partial charge in [-0.2, -0.15) is 0 Å². The van der Waals surface area contributed by atoms with E-state index in [-0.39, 0.29) is 5.41 Å². The van der Waals surface area contributed by atoms with Gasteiger partial charge in [0.25, 0.3) is 0 Å². The number of nitrogens with zero attached hydrogens (tertiary/aromatic N) is 4. The van der Waals surface area contributed by atoms with E-state index < -0.39 is 0 Å². The summed E-state index contributed by atoms with van der Waals surface area (Å²) in [6.45, 7) is 11.1. The molecule has 0 saturated carbocycles. The second kappa shape index (κ2) is 11.9. The molecule has 0 N–H and O–H groups in total. The van der Waals surface area contributed by atoms with Gasteiger partial charge in [-0.3, -0.25) is 0 Å². The number of rotatable bonds is 6. The maximum Gasteiger partial charge on any atom is 0.164 e. The van der Waals surface area contributed by atoms with E-state index in [0.29, 0.717) is 17.5 Å². The zero-order valence-corrected chi connectivity index (χ0v) is 28.9. The Morgan fingerprint density at radius 2 is 1.10 bits per heavy atom. The van der Waals surface area contributed by atoms with Crippen LogP contribution in [-0.4, -0.2) is 19.5 Å². The second-order valence-electron chi connectivity index (χ2n) is 13.6. The van der Waals surface area contributed by atoms with Crippen molar-refractivity contribution in [2.24, 2.45) is 0 Å². The van der Waals surface area contributed by atoms with Crippen LogP contribution in [0.15, 0.2) is 164 Å². The molecule has 1 aliphatic carbocycles. The van der Waals surface area contributed by atoms with Gasteiger partial charge in [0.05, 0.1) is 11.0 Å². The maximum absolute atomic E-state index is 4.98. The summed E-state index contributed by atoms with van der Waals surface area (Å²) >= 11 is 0. The van der Waals surface area contributed by atoms with Crippen molar-refractivity contribution in [1.82, 2.24) is 19.5 Å². The van der Waals surface area contributed by atoms with Gasteiger partial charge in [-0.05, 0) is 64.9 Å². The lowest BCUT2D eigenvalue weighted by Gasteiger charge is -2.25. The van der Waals surface area contributed by atoms with Crippen LogP contribution < -0.4 is 0 Å². The molecule has 4 nitrogen and oxygen atoms in total. The standard InChI is InChI=1S/C47H36N4/c1-5-17-38-34(6-2)40-35-22-13-14-23-36(35)43-41(42(40)47(38,3)4)37-24-15-16-25-39(37)51(43)33-28-26-32(27-29-33)46-49-44(30-18-9-7-10-19-30)48-45(50-46)31-20-11-8-12-21-31/h5-29H,2H2,1,3-4H3/b17-5-. The number of para-hydroxylation sites is 1. The molecule has 0 saturated heterocycles. The molecule has 0 radical (unpaired) electrons. The van der Waals surface area contributed by atoms with Crippen LogP contribution in [0.5, 0.6) is 0 Å². The van der Waals surface area contributed by atoms with E-state index >= 15 is 0 Å². The molecule has 0 fully saturated rings. The number of hydrogen-bond donors (Lipinski definition) is 0. The number of hydrogen-bond acceptors (Lipinski definition) is 3. The summed E-state index contributed by atoms with van der Waals surface area (Å²) in [5.41, 5.74) is 11.3. The lowest BCUT2D eigenvalue weighted by atomic mass is 9.78. The van der Waals surface area contributed by atoms with E-state index in [0.717, 1.165) is 22.4 Å². The average molecular weight is 657 g/mol. The van der Waals surface area contributed by atoms with Crippen molar-refractivity contribution >= 4 is 38.2 Å².